The molecule has 1 aromatic heterocycles. The van der Waals surface area contributed by atoms with Gasteiger partial charge >= 0.3 is 0 Å². The van der Waals surface area contributed by atoms with Gasteiger partial charge in [-0.05, 0) is 24.3 Å². The predicted octanol–water partition coefficient (Wildman–Crippen LogP) is 5.23. The maximum absolute atomic E-state index is 14.5. The number of carbonyl (C=O) groups excluding carboxylic acids is 1. The Kier molecular flexibility index (Phi) is 5.07. The Hall–Kier alpha value is -3.91. The molecule has 8 heteroatoms. The van der Waals surface area contributed by atoms with E-state index in [1.54, 1.807) is 30.3 Å². The maximum Gasteiger partial charge on any atom is 0.270 e. The second-order valence-electron chi connectivity index (χ2n) is 6.37. The molecule has 148 valence electrons. The topological polar surface area (TPSA) is 89.3 Å². The molecule has 1 heterocycles. The molecule has 4 aromatic rings. The normalized spacial score (nSPS) is 10.7. The molecule has 0 saturated heterocycles. The molecule has 0 fully saturated rings. The van der Waals surface area contributed by atoms with Crippen LogP contribution < -0.4 is 10.7 Å². The molecule has 1 amide bonds. The molecular weight excluding hydrogens is 407 g/mol. The molecule has 6 nitrogen and oxygen atoms in total. The second kappa shape index (κ2) is 7.84. The van der Waals surface area contributed by atoms with Crippen molar-refractivity contribution in [3.63, 3.8) is 0 Å². The zero-order valence-corrected chi connectivity index (χ0v) is 16.1. The molecule has 0 atom stereocenters. The van der Waals surface area contributed by atoms with Crippen molar-refractivity contribution in [3.05, 3.63) is 105 Å². The molecule has 30 heavy (non-hydrogen) atoms. The first-order valence-electron chi connectivity index (χ1n) is 8.82. The number of amides is 1. The van der Waals surface area contributed by atoms with Gasteiger partial charge in [-0.3, -0.25) is 19.7 Å². The van der Waals surface area contributed by atoms with Gasteiger partial charge in [0.1, 0.15) is 10.8 Å². The number of benzene rings is 3. The molecule has 4 rings (SSSR count). The van der Waals surface area contributed by atoms with Gasteiger partial charge in [-0.1, -0.05) is 36.4 Å². The number of non-ortho nitro benzene ring substituents is 1. The van der Waals surface area contributed by atoms with Crippen LogP contribution in [0.15, 0.2) is 77.6 Å². The lowest BCUT2D eigenvalue weighted by Crippen LogP contribution is -2.16. The number of carbonyl (C=O) groups is 1. The van der Waals surface area contributed by atoms with Crippen molar-refractivity contribution in [1.29, 1.82) is 0 Å². The zero-order valence-electron chi connectivity index (χ0n) is 15.3. The number of nitrogens with one attached hydrogen (secondary N) is 1. The van der Waals surface area contributed by atoms with Crippen LogP contribution in [0, 0.1) is 15.9 Å². The van der Waals surface area contributed by atoms with Crippen LogP contribution in [-0.4, -0.2) is 10.8 Å². The summed E-state index contributed by atoms with van der Waals surface area (Å²) in [5, 5.41) is 14.2. The van der Waals surface area contributed by atoms with Crippen molar-refractivity contribution in [2.45, 2.75) is 0 Å². The Balaban J connectivity index is 1.88. The van der Waals surface area contributed by atoms with Crippen LogP contribution in [0.1, 0.15) is 10.4 Å². The van der Waals surface area contributed by atoms with Crippen molar-refractivity contribution in [3.8, 4) is 11.1 Å². The van der Waals surface area contributed by atoms with E-state index in [1.165, 1.54) is 36.4 Å². The standard InChI is InChI=1S/C22H13FN2O4S/c23-17-10-3-1-8-15(17)19-20(26)16-9-2-4-11-18(16)30-22(19)24-21(27)13-6-5-7-14(12-13)25(28)29/h1-12H,(H,24,27). The number of nitro groups is 1. The highest BCUT2D eigenvalue weighted by Gasteiger charge is 2.20. The van der Waals surface area contributed by atoms with Crippen molar-refractivity contribution in [1.82, 2.24) is 0 Å². The maximum atomic E-state index is 14.5. The summed E-state index contributed by atoms with van der Waals surface area (Å²) < 4.78 is 15.1. The van der Waals surface area contributed by atoms with Gasteiger partial charge in [0.2, 0.25) is 0 Å². The first kappa shape index (κ1) is 19.4. The van der Waals surface area contributed by atoms with Crippen LogP contribution in [0.25, 0.3) is 21.2 Å². The van der Waals surface area contributed by atoms with E-state index in [4.69, 9.17) is 0 Å². The van der Waals surface area contributed by atoms with Crippen molar-refractivity contribution in [2.24, 2.45) is 0 Å². The molecular formula is C22H13FN2O4S. The summed E-state index contributed by atoms with van der Waals surface area (Å²) in [7, 11) is 0. The largest absolute Gasteiger partial charge is 0.313 e. The van der Waals surface area contributed by atoms with Crippen molar-refractivity contribution >= 4 is 38.0 Å². The number of rotatable bonds is 4. The third-order valence-electron chi connectivity index (χ3n) is 4.49. The summed E-state index contributed by atoms with van der Waals surface area (Å²) in [5.41, 5.74) is -0.488. The number of halogens is 1. The third kappa shape index (κ3) is 3.56. The lowest BCUT2D eigenvalue weighted by molar-refractivity contribution is -0.384. The van der Waals surface area contributed by atoms with E-state index in [0.29, 0.717) is 10.1 Å². The van der Waals surface area contributed by atoms with Crippen LogP contribution >= 0.6 is 11.3 Å². The highest BCUT2D eigenvalue weighted by atomic mass is 32.1. The van der Waals surface area contributed by atoms with Gasteiger partial charge in [0, 0.05) is 33.3 Å². The quantitative estimate of drug-likeness (QED) is 0.362. The van der Waals surface area contributed by atoms with Crippen LogP contribution in [0.2, 0.25) is 0 Å². The summed E-state index contributed by atoms with van der Waals surface area (Å²) in [6.45, 7) is 0. The second-order valence-corrected chi connectivity index (χ2v) is 7.43. The minimum atomic E-state index is -0.637. The lowest BCUT2D eigenvalue weighted by Gasteiger charge is -2.12. The van der Waals surface area contributed by atoms with E-state index in [1.807, 2.05) is 0 Å². The lowest BCUT2D eigenvalue weighted by atomic mass is 10.0. The Morgan fingerprint density at radius 2 is 1.73 bits per heavy atom. The molecule has 3 aromatic carbocycles. The van der Waals surface area contributed by atoms with Gasteiger partial charge in [-0.15, -0.1) is 11.3 Å². The highest BCUT2D eigenvalue weighted by Crippen LogP contribution is 2.35. The summed E-state index contributed by atoms with van der Waals surface area (Å²) in [6.07, 6.45) is 0. The molecule has 0 radical (unpaired) electrons. The Bertz CT molecular complexity index is 1370. The summed E-state index contributed by atoms with van der Waals surface area (Å²) in [5.74, 6) is -1.23. The molecule has 0 aliphatic rings. The van der Waals surface area contributed by atoms with Gasteiger partial charge in [0.05, 0.1) is 10.5 Å². The van der Waals surface area contributed by atoms with Gasteiger partial charge in [-0.25, -0.2) is 4.39 Å². The van der Waals surface area contributed by atoms with E-state index in [0.717, 1.165) is 17.4 Å². The number of hydrogen-bond donors (Lipinski definition) is 1. The monoisotopic (exact) mass is 420 g/mol. The van der Waals surface area contributed by atoms with Crippen LogP contribution in [0.5, 0.6) is 0 Å². The van der Waals surface area contributed by atoms with E-state index in [-0.39, 0.29) is 27.4 Å². The number of hydrogen-bond acceptors (Lipinski definition) is 5. The minimum Gasteiger partial charge on any atom is -0.313 e. The van der Waals surface area contributed by atoms with Crippen molar-refractivity contribution in [2.75, 3.05) is 5.32 Å². The fourth-order valence-corrected chi connectivity index (χ4v) is 4.16. The highest BCUT2D eigenvalue weighted by molar-refractivity contribution is 7.22. The Labute approximate surface area is 173 Å². The molecule has 1 N–H and O–H groups in total. The fourth-order valence-electron chi connectivity index (χ4n) is 3.07. The average molecular weight is 420 g/mol. The molecule has 0 aliphatic heterocycles. The SMILES string of the molecule is O=C(Nc1sc2ccccc2c(=O)c1-c1ccccc1F)c1cccc([N+](=O)[O-])c1. The molecule has 0 spiro atoms. The van der Waals surface area contributed by atoms with Crippen molar-refractivity contribution < 1.29 is 14.1 Å². The molecule has 0 bridgehead atoms. The summed E-state index contributed by atoms with van der Waals surface area (Å²) >= 11 is 1.13. The third-order valence-corrected chi connectivity index (χ3v) is 5.57. The summed E-state index contributed by atoms with van der Waals surface area (Å²) in [4.78, 5) is 36.3. The van der Waals surface area contributed by atoms with E-state index in [9.17, 15) is 24.1 Å². The molecule has 0 saturated carbocycles. The zero-order chi connectivity index (χ0) is 21.3. The minimum absolute atomic E-state index is 0.0376. The molecule has 0 unspecified atom stereocenters. The predicted molar refractivity (Wildman–Crippen MR) is 115 cm³/mol. The Morgan fingerprint density at radius 3 is 2.50 bits per heavy atom. The number of anilines is 1. The van der Waals surface area contributed by atoms with Gasteiger partial charge < -0.3 is 5.32 Å². The Morgan fingerprint density at radius 1 is 1.00 bits per heavy atom. The van der Waals surface area contributed by atoms with Gasteiger partial charge in [-0.2, -0.15) is 0 Å². The van der Waals surface area contributed by atoms with E-state index in [2.05, 4.69) is 5.32 Å². The summed E-state index contributed by atoms with van der Waals surface area (Å²) in [6, 6.07) is 17.9. The first-order valence-corrected chi connectivity index (χ1v) is 9.64. The first-order chi connectivity index (χ1) is 14.5. The number of fused-ring (bicyclic) bond motifs is 1. The van der Waals surface area contributed by atoms with Crippen LogP contribution in [-0.2, 0) is 0 Å². The van der Waals surface area contributed by atoms with Crippen LogP contribution in [0.4, 0.5) is 15.1 Å². The molecule has 0 aliphatic carbocycles. The van der Waals surface area contributed by atoms with E-state index < -0.39 is 22.1 Å². The van der Waals surface area contributed by atoms with Crippen LogP contribution in [0.3, 0.4) is 0 Å². The number of nitrogens with zero attached hydrogens (tertiary/aromatic N) is 1. The van der Waals surface area contributed by atoms with Gasteiger partial charge in [0.25, 0.3) is 11.6 Å². The number of nitro benzene ring substituents is 1. The van der Waals surface area contributed by atoms with Gasteiger partial charge in [0.15, 0.2) is 5.43 Å². The smallest absolute Gasteiger partial charge is 0.270 e. The fraction of sp³-hybridized carbons (Fsp3) is 0. The average Bonchev–Trinajstić information content (AvgIpc) is 2.75. The van der Waals surface area contributed by atoms with E-state index >= 15 is 0 Å².